The third-order valence-corrected chi connectivity index (χ3v) is 7.16. The Balaban J connectivity index is 2.02. The molecule has 4 nitrogen and oxygen atoms in total. The van der Waals surface area contributed by atoms with E-state index in [9.17, 15) is 18.0 Å². The highest BCUT2D eigenvalue weighted by Crippen LogP contribution is 2.24. The number of benzene rings is 3. The molecule has 0 aliphatic carbocycles. The average Bonchev–Trinajstić information content (AvgIpc) is 2.72. The Morgan fingerprint density at radius 1 is 0.667 bits per heavy atom. The number of carbonyl (C=O) groups excluding carboxylic acids is 2. The minimum atomic E-state index is -4.06. The lowest BCUT2D eigenvalue weighted by molar-refractivity contribution is 0.0920. The molecule has 0 aromatic heterocycles. The largest absolute Gasteiger partial charge is 0.294 e. The fourth-order valence-corrected chi connectivity index (χ4v) is 4.80. The van der Waals surface area contributed by atoms with Crippen molar-refractivity contribution in [3.8, 4) is 0 Å². The van der Waals surface area contributed by atoms with E-state index >= 15 is 0 Å². The fourth-order valence-electron chi connectivity index (χ4n) is 3.16. The maximum Gasteiger partial charge on any atom is 0.189 e. The number of Topliss-reactive ketones (excluding diaryl/α,β-unsaturated/α-hetero) is 2. The van der Waals surface area contributed by atoms with Crippen molar-refractivity contribution < 1.29 is 18.0 Å². The monoisotopic (exact) mass is 420 g/mol. The SMILES string of the molecule is Cc1ccc(C(=O)C[C@@H](C(=O)c2ccc(C)cc2)S(=O)(=O)c2ccc(C)cc2)cc1. The molecule has 0 spiro atoms. The van der Waals surface area contributed by atoms with Crippen LogP contribution in [-0.2, 0) is 9.84 Å². The Hall–Kier alpha value is -3.05. The zero-order chi connectivity index (χ0) is 21.9. The van der Waals surface area contributed by atoms with Crippen LogP contribution < -0.4 is 0 Å². The summed E-state index contributed by atoms with van der Waals surface area (Å²) in [6, 6.07) is 19.9. The van der Waals surface area contributed by atoms with Crippen molar-refractivity contribution in [3.05, 3.63) is 101 Å². The van der Waals surface area contributed by atoms with Crippen LogP contribution in [-0.4, -0.2) is 25.2 Å². The number of sulfone groups is 1. The molecule has 0 bridgehead atoms. The summed E-state index contributed by atoms with van der Waals surface area (Å²) < 4.78 is 26.7. The first kappa shape index (κ1) is 21.7. The van der Waals surface area contributed by atoms with Crippen LogP contribution in [0.25, 0.3) is 0 Å². The minimum absolute atomic E-state index is 0.0373. The zero-order valence-corrected chi connectivity index (χ0v) is 18.1. The zero-order valence-electron chi connectivity index (χ0n) is 17.3. The number of rotatable bonds is 7. The van der Waals surface area contributed by atoms with Gasteiger partial charge in [-0.1, -0.05) is 77.4 Å². The molecule has 0 aliphatic rings. The highest BCUT2D eigenvalue weighted by Gasteiger charge is 2.36. The van der Waals surface area contributed by atoms with E-state index in [0.717, 1.165) is 16.7 Å². The standard InChI is InChI=1S/C25H24O4S/c1-17-4-10-20(11-5-17)23(26)16-24(25(27)21-12-6-18(2)7-13-21)30(28,29)22-14-8-19(3)9-15-22/h4-15,24H,16H2,1-3H3/t24-/m0/s1. The van der Waals surface area contributed by atoms with Gasteiger partial charge in [-0.15, -0.1) is 0 Å². The van der Waals surface area contributed by atoms with Crippen LogP contribution >= 0.6 is 0 Å². The predicted molar refractivity (Wildman–Crippen MR) is 118 cm³/mol. The molecule has 0 N–H and O–H groups in total. The molecule has 1 atom stereocenters. The van der Waals surface area contributed by atoms with Crippen LogP contribution in [0, 0.1) is 20.8 Å². The summed E-state index contributed by atoms with van der Waals surface area (Å²) in [6.45, 7) is 5.64. The van der Waals surface area contributed by atoms with Gasteiger partial charge in [0.25, 0.3) is 0 Å². The molecule has 3 rings (SSSR count). The number of hydrogen-bond acceptors (Lipinski definition) is 4. The summed E-state index contributed by atoms with van der Waals surface area (Å²) >= 11 is 0. The van der Waals surface area contributed by atoms with Gasteiger partial charge in [-0.2, -0.15) is 0 Å². The maximum atomic E-state index is 13.4. The van der Waals surface area contributed by atoms with Crippen molar-refractivity contribution in [1.29, 1.82) is 0 Å². The van der Waals surface area contributed by atoms with Crippen molar-refractivity contribution in [3.63, 3.8) is 0 Å². The number of carbonyl (C=O) groups is 2. The Bertz CT molecular complexity index is 1160. The molecule has 0 unspecified atom stereocenters. The molecule has 154 valence electrons. The lowest BCUT2D eigenvalue weighted by atomic mass is 10.00. The third kappa shape index (κ3) is 4.74. The predicted octanol–water partition coefficient (Wildman–Crippen LogP) is 4.91. The second-order valence-corrected chi connectivity index (χ2v) is 9.70. The summed E-state index contributed by atoms with van der Waals surface area (Å²) in [4.78, 5) is 26.1. The van der Waals surface area contributed by atoms with Gasteiger partial charge in [0.1, 0.15) is 5.25 Å². The molecule has 0 saturated carbocycles. The summed E-state index contributed by atoms with van der Waals surface area (Å²) in [5.74, 6) is -0.952. The molecule has 3 aromatic rings. The quantitative estimate of drug-likeness (QED) is 0.509. The Morgan fingerprint density at radius 2 is 1.07 bits per heavy atom. The van der Waals surface area contributed by atoms with E-state index in [-0.39, 0.29) is 16.2 Å². The first-order chi connectivity index (χ1) is 14.2. The van der Waals surface area contributed by atoms with Crippen LogP contribution in [0.3, 0.4) is 0 Å². The van der Waals surface area contributed by atoms with Gasteiger partial charge >= 0.3 is 0 Å². The summed E-state index contributed by atoms with van der Waals surface area (Å²) in [6.07, 6.45) is -0.411. The molecule has 3 aromatic carbocycles. The molecular weight excluding hydrogens is 396 g/mol. The van der Waals surface area contributed by atoms with Crippen LogP contribution in [0.15, 0.2) is 77.7 Å². The van der Waals surface area contributed by atoms with E-state index in [1.807, 2.05) is 20.8 Å². The first-order valence-corrected chi connectivity index (χ1v) is 11.2. The van der Waals surface area contributed by atoms with Crippen molar-refractivity contribution >= 4 is 21.4 Å². The van der Waals surface area contributed by atoms with E-state index in [1.165, 1.54) is 12.1 Å². The van der Waals surface area contributed by atoms with Crippen LogP contribution in [0.2, 0.25) is 0 Å². The van der Waals surface area contributed by atoms with E-state index in [0.29, 0.717) is 5.56 Å². The van der Waals surface area contributed by atoms with Gasteiger partial charge in [0.15, 0.2) is 21.4 Å². The minimum Gasteiger partial charge on any atom is -0.294 e. The molecular formula is C25H24O4S. The van der Waals surface area contributed by atoms with Crippen molar-refractivity contribution in [2.45, 2.75) is 37.3 Å². The lowest BCUT2D eigenvalue weighted by Crippen LogP contribution is -2.33. The van der Waals surface area contributed by atoms with Gasteiger partial charge in [0, 0.05) is 17.5 Å². The van der Waals surface area contributed by atoms with E-state index in [2.05, 4.69) is 0 Å². The molecule has 5 heteroatoms. The Kier molecular flexibility index (Phi) is 6.32. The smallest absolute Gasteiger partial charge is 0.189 e. The summed E-state index contributed by atoms with van der Waals surface area (Å²) in [7, 11) is -4.06. The molecule has 0 fully saturated rings. The van der Waals surface area contributed by atoms with E-state index in [4.69, 9.17) is 0 Å². The van der Waals surface area contributed by atoms with Crippen molar-refractivity contribution in [2.24, 2.45) is 0 Å². The van der Waals surface area contributed by atoms with E-state index < -0.39 is 27.3 Å². The summed E-state index contributed by atoms with van der Waals surface area (Å²) in [5.41, 5.74) is 3.52. The van der Waals surface area contributed by atoms with Gasteiger partial charge in [-0.05, 0) is 32.9 Å². The van der Waals surface area contributed by atoms with Crippen LogP contribution in [0.5, 0.6) is 0 Å². The number of hydrogen-bond donors (Lipinski definition) is 0. The Morgan fingerprint density at radius 3 is 1.53 bits per heavy atom. The van der Waals surface area contributed by atoms with E-state index in [1.54, 1.807) is 60.7 Å². The first-order valence-electron chi connectivity index (χ1n) is 9.70. The van der Waals surface area contributed by atoms with Gasteiger partial charge < -0.3 is 0 Å². The second-order valence-electron chi connectivity index (χ2n) is 7.57. The van der Waals surface area contributed by atoms with Crippen LogP contribution in [0.4, 0.5) is 0 Å². The van der Waals surface area contributed by atoms with Crippen LogP contribution in [0.1, 0.15) is 43.8 Å². The van der Waals surface area contributed by atoms with Crippen molar-refractivity contribution in [1.82, 2.24) is 0 Å². The Labute approximate surface area is 177 Å². The molecule has 30 heavy (non-hydrogen) atoms. The fraction of sp³-hybridized carbons (Fsp3) is 0.200. The van der Waals surface area contributed by atoms with Gasteiger partial charge in [0.2, 0.25) is 0 Å². The van der Waals surface area contributed by atoms with Gasteiger partial charge in [0.05, 0.1) is 4.90 Å². The average molecular weight is 421 g/mol. The number of ketones is 2. The molecule has 0 amide bonds. The molecule has 0 aliphatic heterocycles. The topological polar surface area (TPSA) is 68.3 Å². The van der Waals surface area contributed by atoms with Gasteiger partial charge in [-0.3, -0.25) is 9.59 Å². The molecule has 0 radical (unpaired) electrons. The maximum absolute atomic E-state index is 13.4. The highest BCUT2D eigenvalue weighted by atomic mass is 32.2. The normalized spacial score (nSPS) is 12.4. The molecule has 0 saturated heterocycles. The van der Waals surface area contributed by atoms with Gasteiger partial charge in [-0.25, -0.2) is 8.42 Å². The van der Waals surface area contributed by atoms with Crippen molar-refractivity contribution in [2.75, 3.05) is 0 Å². The lowest BCUT2D eigenvalue weighted by Gasteiger charge is -2.17. The third-order valence-electron chi connectivity index (χ3n) is 5.10. The second kappa shape index (κ2) is 8.76. The highest BCUT2D eigenvalue weighted by molar-refractivity contribution is 7.92. The summed E-state index contributed by atoms with van der Waals surface area (Å²) in [5, 5.41) is -1.49. The molecule has 0 heterocycles. The number of aryl methyl sites for hydroxylation is 3.